The molecule has 1 N–H and O–H groups in total. The summed E-state index contributed by atoms with van der Waals surface area (Å²) in [7, 11) is 0. The first-order chi connectivity index (χ1) is 9.60. The maximum Gasteiger partial charge on any atom is 0.324 e. The highest BCUT2D eigenvalue weighted by Gasteiger charge is 2.16. The molecule has 0 spiro atoms. The summed E-state index contributed by atoms with van der Waals surface area (Å²) in [6.07, 6.45) is 2.94. The van der Waals surface area contributed by atoms with Crippen LogP contribution in [-0.4, -0.2) is 21.0 Å². The quantitative estimate of drug-likeness (QED) is 0.652. The van der Waals surface area contributed by atoms with Crippen LogP contribution in [0.1, 0.15) is 34.4 Å². The minimum atomic E-state index is -0.519. The van der Waals surface area contributed by atoms with Crippen molar-refractivity contribution >= 4 is 38.7 Å². The fraction of sp³-hybridized carbons (Fsp3) is 0.364. The van der Waals surface area contributed by atoms with E-state index < -0.39 is 10.8 Å². The lowest BCUT2D eigenvalue weighted by Crippen LogP contribution is -2.09. The topological polar surface area (TPSA) is 98.0 Å². The van der Waals surface area contributed by atoms with Crippen LogP contribution < -0.4 is 5.32 Å². The van der Waals surface area contributed by atoms with Gasteiger partial charge in [-0.15, -0.1) is 10.2 Å². The first-order valence-electron chi connectivity index (χ1n) is 5.98. The minimum absolute atomic E-state index is 0.0592. The zero-order valence-electron chi connectivity index (χ0n) is 10.7. The molecule has 0 unspecified atom stereocenters. The second kappa shape index (κ2) is 6.53. The van der Waals surface area contributed by atoms with Crippen molar-refractivity contribution in [2.75, 3.05) is 5.32 Å². The summed E-state index contributed by atoms with van der Waals surface area (Å²) in [4.78, 5) is 22.2. The van der Waals surface area contributed by atoms with Crippen LogP contribution in [0.25, 0.3) is 0 Å². The molecule has 0 aromatic carbocycles. The molecule has 0 aliphatic rings. The summed E-state index contributed by atoms with van der Waals surface area (Å²) in [6.45, 7) is 2.09. The van der Waals surface area contributed by atoms with Gasteiger partial charge in [0.25, 0.3) is 5.91 Å². The highest BCUT2D eigenvalue weighted by atomic mass is 32.1. The molecule has 0 aliphatic carbocycles. The fourth-order valence-electron chi connectivity index (χ4n) is 1.44. The van der Waals surface area contributed by atoms with E-state index >= 15 is 0 Å². The summed E-state index contributed by atoms with van der Waals surface area (Å²) < 4.78 is 0. The Morgan fingerprint density at radius 3 is 2.85 bits per heavy atom. The van der Waals surface area contributed by atoms with Crippen molar-refractivity contribution in [1.29, 1.82) is 0 Å². The SMILES string of the molecule is CCCCc1nnc(NC(=O)c2ccc([N+](=O)[O-])s2)s1. The number of anilines is 1. The van der Waals surface area contributed by atoms with E-state index in [0.29, 0.717) is 5.13 Å². The zero-order valence-corrected chi connectivity index (χ0v) is 12.3. The van der Waals surface area contributed by atoms with E-state index in [2.05, 4.69) is 22.4 Å². The number of aromatic nitrogens is 2. The molecule has 2 aromatic heterocycles. The molecule has 106 valence electrons. The van der Waals surface area contributed by atoms with E-state index in [0.717, 1.165) is 35.6 Å². The number of unbranched alkanes of at least 4 members (excludes halogenated alkanes) is 1. The number of nitrogens with zero attached hydrogens (tertiary/aromatic N) is 3. The summed E-state index contributed by atoms with van der Waals surface area (Å²) in [6, 6.07) is 2.74. The summed E-state index contributed by atoms with van der Waals surface area (Å²) >= 11 is 2.16. The Balaban J connectivity index is 1.99. The Kier molecular flexibility index (Phi) is 4.74. The molecule has 2 heterocycles. The second-order valence-electron chi connectivity index (χ2n) is 3.95. The molecule has 0 atom stereocenters. The highest BCUT2D eigenvalue weighted by Crippen LogP contribution is 2.25. The lowest BCUT2D eigenvalue weighted by Gasteiger charge is -1.96. The van der Waals surface area contributed by atoms with Crippen LogP contribution in [0.5, 0.6) is 0 Å². The first kappa shape index (κ1) is 14.5. The molecule has 0 saturated carbocycles. The molecule has 2 aromatic rings. The van der Waals surface area contributed by atoms with Crippen molar-refractivity contribution in [2.45, 2.75) is 26.2 Å². The summed E-state index contributed by atoms with van der Waals surface area (Å²) in [5.74, 6) is -0.402. The number of hydrogen-bond acceptors (Lipinski definition) is 7. The first-order valence-corrected chi connectivity index (χ1v) is 7.61. The second-order valence-corrected chi connectivity index (χ2v) is 6.08. The predicted molar refractivity (Wildman–Crippen MR) is 77.4 cm³/mol. The standard InChI is InChI=1S/C11H12N4O3S2/c1-2-3-4-8-13-14-11(20-8)12-10(16)7-5-6-9(19-7)15(17)18/h5-6H,2-4H2,1H3,(H,12,14,16). The lowest BCUT2D eigenvalue weighted by atomic mass is 10.3. The van der Waals surface area contributed by atoms with Gasteiger partial charge < -0.3 is 0 Å². The van der Waals surface area contributed by atoms with Crippen LogP contribution in [0.2, 0.25) is 0 Å². The molecule has 0 fully saturated rings. The van der Waals surface area contributed by atoms with Gasteiger partial charge >= 0.3 is 5.00 Å². The molecule has 2 rings (SSSR count). The third kappa shape index (κ3) is 3.58. The van der Waals surface area contributed by atoms with E-state index in [4.69, 9.17) is 0 Å². The number of hydrogen-bond donors (Lipinski definition) is 1. The number of amides is 1. The Labute approximate surface area is 122 Å². The number of aryl methyl sites for hydroxylation is 1. The molecule has 20 heavy (non-hydrogen) atoms. The monoisotopic (exact) mass is 312 g/mol. The highest BCUT2D eigenvalue weighted by molar-refractivity contribution is 7.17. The largest absolute Gasteiger partial charge is 0.324 e. The van der Waals surface area contributed by atoms with Crippen LogP contribution in [-0.2, 0) is 6.42 Å². The normalized spacial score (nSPS) is 10.4. The maximum atomic E-state index is 11.9. The van der Waals surface area contributed by atoms with Gasteiger partial charge in [-0.05, 0) is 12.5 Å². The van der Waals surface area contributed by atoms with Gasteiger partial charge in [-0.2, -0.15) is 0 Å². The molecule has 7 nitrogen and oxygen atoms in total. The number of nitro groups is 1. The van der Waals surface area contributed by atoms with Crippen molar-refractivity contribution in [1.82, 2.24) is 10.2 Å². The van der Waals surface area contributed by atoms with E-state index in [-0.39, 0.29) is 9.88 Å². The van der Waals surface area contributed by atoms with E-state index in [1.54, 1.807) is 0 Å². The van der Waals surface area contributed by atoms with Gasteiger partial charge in [0.1, 0.15) is 5.01 Å². The molecular weight excluding hydrogens is 300 g/mol. The summed E-state index contributed by atoms with van der Waals surface area (Å²) in [5, 5.41) is 22.3. The molecule has 0 bridgehead atoms. The number of thiophene rings is 1. The van der Waals surface area contributed by atoms with E-state index in [9.17, 15) is 14.9 Å². The van der Waals surface area contributed by atoms with E-state index in [1.165, 1.54) is 23.5 Å². The Morgan fingerprint density at radius 1 is 1.40 bits per heavy atom. The molecule has 0 radical (unpaired) electrons. The van der Waals surface area contributed by atoms with Crippen molar-refractivity contribution in [3.8, 4) is 0 Å². The molecule has 1 amide bonds. The van der Waals surface area contributed by atoms with Crippen LogP contribution in [0.15, 0.2) is 12.1 Å². The van der Waals surface area contributed by atoms with Crippen LogP contribution in [0.4, 0.5) is 10.1 Å². The summed E-state index contributed by atoms with van der Waals surface area (Å²) in [5.41, 5.74) is 0. The Hall–Kier alpha value is -1.87. The Bertz CT molecular complexity index is 623. The zero-order chi connectivity index (χ0) is 14.5. The van der Waals surface area contributed by atoms with Crippen molar-refractivity contribution < 1.29 is 9.72 Å². The van der Waals surface area contributed by atoms with Gasteiger partial charge in [0.05, 0.1) is 9.80 Å². The van der Waals surface area contributed by atoms with Crippen molar-refractivity contribution in [3.05, 3.63) is 32.1 Å². The third-order valence-electron chi connectivity index (χ3n) is 2.43. The maximum absolute atomic E-state index is 11.9. The number of carbonyl (C=O) groups excluding carboxylic acids is 1. The van der Waals surface area contributed by atoms with Crippen LogP contribution in [0, 0.1) is 10.1 Å². The lowest BCUT2D eigenvalue weighted by molar-refractivity contribution is -0.380. The van der Waals surface area contributed by atoms with Crippen molar-refractivity contribution in [3.63, 3.8) is 0 Å². The van der Waals surface area contributed by atoms with Crippen molar-refractivity contribution in [2.24, 2.45) is 0 Å². The van der Waals surface area contributed by atoms with Gasteiger partial charge in [-0.1, -0.05) is 36.0 Å². The van der Waals surface area contributed by atoms with Gasteiger partial charge in [0, 0.05) is 12.5 Å². The van der Waals surface area contributed by atoms with Gasteiger partial charge in [0.2, 0.25) is 5.13 Å². The molecule has 0 aliphatic heterocycles. The number of rotatable bonds is 6. The average molecular weight is 312 g/mol. The molecular formula is C11H12N4O3S2. The Morgan fingerprint density at radius 2 is 2.20 bits per heavy atom. The van der Waals surface area contributed by atoms with Gasteiger partial charge in [-0.25, -0.2) is 0 Å². The minimum Gasteiger partial charge on any atom is -0.296 e. The average Bonchev–Trinajstić information content (AvgIpc) is 3.05. The van der Waals surface area contributed by atoms with Gasteiger partial charge in [0.15, 0.2) is 0 Å². The van der Waals surface area contributed by atoms with Crippen LogP contribution >= 0.6 is 22.7 Å². The van der Waals surface area contributed by atoms with Crippen LogP contribution in [0.3, 0.4) is 0 Å². The fourth-order valence-corrected chi connectivity index (χ4v) is 2.93. The molecule has 0 saturated heterocycles. The third-order valence-corrected chi connectivity index (χ3v) is 4.36. The number of carbonyl (C=O) groups is 1. The smallest absolute Gasteiger partial charge is 0.296 e. The van der Waals surface area contributed by atoms with E-state index in [1.807, 2.05) is 0 Å². The molecule has 9 heteroatoms. The van der Waals surface area contributed by atoms with Gasteiger partial charge in [-0.3, -0.25) is 20.2 Å². The number of nitrogens with one attached hydrogen (secondary N) is 1. The predicted octanol–water partition coefficient (Wildman–Crippen LogP) is 3.10.